The maximum absolute atomic E-state index is 12.2. The lowest BCUT2D eigenvalue weighted by molar-refractivity contribution is -0.135. The van der Waals surface area contributed by atoms with E-state index in [1.165, 1.54) is 0 Å². The Kier molecular flexibility index (Phi) is 4.82. The first-order valence-electron chi connectivity index (χ1n) is 9.19. The third-order valence-corrected chi connectivity index (χ3v) is 7.08. The molecule has 6 heteroatoms. The van der Waals surface area contributed by atoms with Crippen LogP contribution < -0.4 is 0 Å². The van der Waals surface area contributed by atoms with Gasteiger partial charge in [0.05, 0.1) is 6.10 Å². The van der Waals surface area contributed by atoms with Gasteiger partial charge in [0.15, 0.2) is 0 Å². The molecular formula is C20H26O6. The van der Waals surface area contributed by atoms with Crippen molar-refractivity contribution < 1.29 is 29.3 Å². The predicted octanol–water partition coefficient (Wildman–Crippen LogP) is 2.26. The minimum Gasteiger partial charge on any atom is -0.478 e. The predicted molar refractivity (Wildman–Crippen MR) is 93.1 cm³/mol. The zero-order valence-electron chi connectivity index (χ0n) is 15.2. The van der Waals surface area contributed by atoms with Crippen molar-refractivity contribution in [2.24, 2.45) is 22.7 Å². The summed E-state index contributed by atoms with van der Waals surface area (Å²) >= 11 is 0. The van der Waals surface area contributed by atoms with E-state index in [9.17, 15) is 19.5 Å². The van der Waals surface area contributed by atoms with E-state index in [0.717, 1.165) is 18.9 Å². The van der Waals surface area contributed by atoms with Crippen LogP contribution in [0.15, 0.2) is 23.3 Å². The minimum atomic E-state index is -1.13. The second-order valence-corrected chi connectivity index (χ2v) is 8.29. The van der Waals surface area contributed by atoms with Gasteiger partial charge >= 0.3 is 11.9 Å². The van der Waals surface area contributed by atoms with Gasteiger partial charge in [-0.05, 0) is 61.0 Å². The van der Waals surface area contributed by atoms with Crippen LogP contribution in [0.1, 0.15) is 46.0 Å². The van der Waals surface area contributed by atoms with Crippen LogP contribution in [0.4, 0.5) is 0 Å². The topological polar surface area (TPSA) is 101 Å². The molecule has 0 aromatic heterocycles. The Bertz CT molecular complexity index is 692. The summed E-state index contributed by atoms with van der Waals surface area (Å²) in [6, 6.07) is 0. The first-order valence-corrected chi connectivity index (χ1v) is 9.19. The molecule has 2 fully saturated rings. The molecule has 1 heterocycles. The molecule has 0 radical (unpaired) electrons. The van der Waals surface area contributed by atoms with Gasteiger partial charge in [0.1, 0.15) is 12.9 Å². The summed E-state index contributed by atoms with van der Waals surface area (Å²) in [4.78, 5) is 34.3. The van der Waals surface area contributed by atoms with Gasteiger partial charge in [0.2, 0.25) is 0 Å². The van der Waals surface area contributed by atoms with Crippen LogP contribution in [0.25, 0.3) is 0 Å². The third-order valence-electron chi connectivity index (χ3n) is 7.08. The van der Waals surface area contributed by atoms with Crippen molar-refractivity contribution >= 4 is 18.2 Å². The summed E-state index contributed by atoms with van der Waals surface area (Å²) in [6.45, 7) is 4.66. The number of carboxylic acid groups (broad SMARTS) is 1. The van der Waals surface area contributed by atoms with E-state index in [4.69, 9.17) is 9.84 Å². The molecular weight excluding hydrogens is 336 g/mol. The largest absolute Gasteiger partial charge is 0.478 e. The van der Waals surface area contributed by atoms with Crippen LogP contribution in [-0.4, -0.2) is 41.1 Å². The molecule has 1 spiro atoms. The van der Waals surface area contributed by atoms with Crippen molar-refractivity contribution in [3.63, 3.8) is 0 Å². The number of carbonyl (C=O) groups is 3. The van der Waals surface area contributed by atoms with Crippen LogP contribution >= 0.6 is 0 Å². The average Bonchev–Trinajstić information content (AvgIpc) is 2.91. The minimum absolute atomic E-state index is 0.0536. The van der Waals surface area contributed by atoms with E-state index in [2.05, 4.69) is 13.8 Å². The molecule has 0 amide bonds. The quantitative estimate of drug-likeness (QED) is 0.442. The number of allylic oxidation sites excluding steroid dienone is 1. The van der Waals surface area contributed by atoms with Crippen molar-refractivity contribution in [2.45, 2.75) is 52.1 Å². The van der Waals surface area contributed by atoms with Gasteiger partial charge in [-0.2, -0.15) is 0 Å². The van der Waals surface area contributed by atoms with E-state index in [-0.39, 0.29) is 28.3 Å². The number of rotatable bonds is 5. The Balaban J connectivity index is 1.93. The van der Waals surface area contributed by atoms with Crippen molar-refractivity contribution in [3.05, 3.63) is 23.3 Å². The molecule has 3 aliphatic rings. The van der Waals surface area contributed by atoms with Gasteiger partial charge in [-0.3, -0.25) is 4.79 Å². The van der Waals surface area contributed by atoms with Gasteiger partial charge in [-0.15, -0.1) is 0 Å². The first-order chi connectivity index (χ1) is 12.2. The lowest BCUT2D eigenvalue weighted by Crippen LogP contribution is -2.53. The summed E-state index contributed by atoms with van der Waals surface area (Å²) in [5, 5.41) is 19.3. The highest BCUT2D eigenvalue weighted by molar-refractivity contribution is 5.93. The molecule has 2 N–H and O–H groups in total. The molecule has 142 valence electrons. The number of cyclic esters (lactones) is 1. The molecule has 2 aliphatic carbocycles. The summed E-state index contributed by atoms with van der Waals surface area (Å²) < 4.78 is 5.37. The maximum Gasteiger partial charge on any atom is 0.334 e. The molecule has 0 unspecified atom stereocenters. The number of aliphatic hydroxyl groups excluding tert-OH is 1. The molecule has 26 heavy (non-hydrogen) atoms. The molecule has 0 aromatic carbocycles. The first kappa shape index (κ1) is 18.8. The summed E-state index contributed by atoms with van der Waals surface area (Å²) in [6.07, 6.45) is 5.87. The maximum atomic E-state index is 12.2. The number of aldehydes is 1. The fourth-order valence-electron chi connectivity index (χ4n) is 5.39. The number of carboxylic acids is 1. The van der Waals surface area contributed by atoms with Crippen LogP contribution in [0.3, 0.4) is 0 Å². The molecule has 6 nitrogen and oxygen atoms in total. The highest BCUT2D eigenvalue weighted by atomic mass is 16.5. The number of ether oxygens (including phenoxy) is 1. The Labute approximate surface area is 152 Å². The lowest BCUT2D eigenvalue weighted by Gasteiger charge is -2.57. The highest BCUT2D eigenvalue weighted by Crippen LogP contribution is 2.63. The Morgan fingerprint density at radius 3 is 2.85 bits per heavy atom. The zero-order chi connectivity index (χ0) is 19.1. The Morgan fingerprint density at radius 1 is 1.46 bits per heavy atom. The fraction of sp³-hybridized carbons (Fsp3) is 0.650. The molecule has 1 saturated carbocycles. The van der Waals surface area contributed by atoms with Crippen LogP contribution in [0.5, 0.6) is 0 Å². The van der Waals surface area contributed by atoms with E-state index in [0.29, 0.717) is 43.6 Å². The zero-order valence-corrected chi connectivity index (χ0v) is 15.2. The molecule has 3 rings (SSSR count). The molecule has 1 aliphatic heterocycles. The van der Waals surface area contributed by atoms with Crippen LogP contribution in [0, 0.1) is 22.7 Å². The second-order valence-electron chi connectivity index (χ2n) is 8.29. The number of esters is 1. The number of carbonyl (C=O) groups excluding carboxylic acids is 2. The van der Waals surface area contributed by atoms with E-state index < -0.39 is 12.1 Å². The molecule has 5 atom stereocenters. The number of hydrogen-bond acceptors (Lipinski definition) is 5. The average molecular weight is 362 g/mol. The summed E-state index contributed by atoms with van der Waals surface area (Å²) in [5.74, 6) is -1.07. The summed E-state index contributed by atoms with van der Waals surface area (Å²) in [5.41, 5.74) is 0.274. The molecule has 0 aromatic rings. The number of aliphatic hydroxyl groups is 1. The second kappa shape index (κ2) is 6.65. The third kappa shape index (κ3) is 2.90. The number of hydrogen-bond donors (Lipinski definition) is 2. The van der Waals surface area contributed by atoms with Gasteiger partial charge in [0, 0.05) is 17.1 Å². The summed E-state index contributed by atoms with van der Waals surface area (Å²) in [7, 11) is 0. The normalized spacial score (nSPS) is 39.5. The monoisotopic (exact) mass is 362 g/mol. The highest BCUT2D eigenvalue weighted by Gasteiger charge is 2.61. The fourth-order valence-corrected chi connectivity index (χ4v) is 5.39. The van der Waals surface area contributed by atoms with E-state index in [1.54, 1.807) is 6.08 Å². The standard InChI is InChI=1S/C20H26O6/c1-12-3-6-20-11-26-18(25)15(20)8-14(22)9-16(20)19(12,2)5-4-13(10-21)7-17(23)24/h7-8,10,12,14,16,22H,3-6,9,11H2,1-2H3,(H,23,24)/b13-7+/t12-,14+,16-,19+,20+/m1/s1. The van der Waals surface area contributed by atoms with Crippen LogP contribution in [0.2, 0.25) is 0 Å². The Hall–Kier alpha value is -1.95. The van der Waals surface area contributed by atoms with E-state index in [1.807, 2.05) is 0 Å². The van der Waals surface area contributed by atoms with Crippen LogP contribution in [-0.2, 0) is 19.1 Å². The van der Waals surface area contributed by atoms with Gasteiger partial charge in [0.25, 0.3) is 0 Å². The van der Waals surface area contributed by atoms with Crippen molar-refractivity contribution in [1.82, 2.24) is 0 Å². The smallest absolute Gasteiger partial charge is 0.334 e. The molecule has 1 saturated heterocycles. The van der Waals surface area contributed by atoms with Gasteiger partial charge < -0.3 is 14.9 Å². The van der Waals surface area contributed by atoms with Crippen molar-refractivity contribution in [2.75, 3.05) is 6.61 Å². The number of aliphatic carboxylic acids is 1. The molecule has 0 bridgehead atoms. The lowest BCUT2D eigenvalue weighted by atomic mass is 9.46. The Morgan fingerprint density at radius 2 is 2.19 bits per heavy atom. The van der Waals surface area contributed by atoms with Gasteiger partial charge in [-0.1, -0.05) is 13.8 Å². The van der Waals surface area contributed by atoms with Crippen molar-refractivity contribution in [1.29, 1.82) is 0 Å². The van der Waals surface area contributed by atoms with E-state index >= 15 is 0 Å². The van der Waals surface area contributed by atoms with Gasteiger partial charge in [-0.25, -0.2) is 9.59 Å². The SMILES string of the molecule is C[C@@H]1CC[C@]23COC(=O)C2=C[C@H](O)C[C@@H]3[C@@]1(C)CC/C(C=O)=C\C(=O)O. The van der Waals surface area contributed by atoms with Crippen molar-refractivity contribution in [3.8, 4) is 0 Å².